The van der Waals surface area contributed by atoms with Gasteiger partial charge in [-0.25, -0.2) is 4.98 Å². The third kappa shape index (κ3) is 5.63. The van der Waals surface area contributed by atoms with Crippen molar-refractivity contribution in [3.63, 3.8) is 0 Å². The van der Waals surface area contributed by atoms with Crippen LogP contribution < -0.4 is 5.32 Å². The smallest absolute Gasteiger partial charge is 0.306 e. The Morgan fingerprint density at radius 1 is 1.14 bits per heavy atom. The lowest BCUT2D eigenvalue weighted by atomic mass is 10.1. The molecule has 0 aliphatic heterocycles. The maximum absolute atomic E-state index is 11.9. The molecule has 0 radical (unpaired) electrons. The number of anilines is 1. The Labute approximate surface area is 166 Å². The van der Waals surface area contributed by atoms with E-state index in [4.69, 9.17) is 10.00 Å². The average molecular weight is 393 g/mol. The van der Waals surface area contributed by atoms with Crippen LogP contribution >= 0.6 is 11.3 Å². The normalized spacial score (nSPS) is 10.4. The van der Waals surface area contributed by atoms with Gasteiger partial charge in [-0.2, -0.15) is 5.26 Å². The summed E-state index contributed by atoms with van der Waals surface area (Å²) in [7, 11) is 0. The highest BCUT2D eigenvalue weighted by Gasteiger charge is 2.09. The van der Waals surface area contributed by atoms with Crippen molar-refractivity contribution in [3.05, 3.63) is 59.1 Å². The van der Waals surface area contributed by atoms with Crippen molar-refractivity contribution in [1.82, 2.24) is 4.98 Å². The zero-order chi connectivity index (χ0) is 19.8. The minimum Gasteiger partial charge on any atom is -0.456 e. The summed E-state index contributed by atoms with van der Waals surface area (Å²) in [4.78, 5) is 28.2. The van der Waals surface area contributed by atoms with Crippen molar-refractivity contribution in [1.29, 1.82) is 5.26 Å². The minimum absolute atomic E-state index is 0.242. The number of nitrogens with one attached hydrogen (secondary N) is 1. The van der Waals surface area contributed by atoms with Crippen LogP contribution in [0.15, 0.2) is 48.5 Å². The second-order valence-electron chi connectivity index (χ2n) is 6.17. The monoisotopic (exact) mass is 393 g/mol. The number of carbonyl (C=O) groups is 2. The molecule has 1 amide bonds. The molecule has 0 atom stereocenters. The fraction of sp³-hybridized carbons (Fsp3) is 0.238. The second kappa shape index (κ2) is 9.62. The maximum Gasteiger partial charge on any atom is 0.306 e. The number of nitriles is 1. The van der Waals surface area contributed by atoms with Crippen LogP contribution in [0.1, 0.15) is 23.4 Å². The summed E-state index contributed by atoms with van der Waals surface area (Å²) < 4.78 is 6.16. The highest BCUT2D eigenvalue weighted by molar-refractivity contribution is 7.18. The molecule has 6 nitrogen and oxygen atoms in total. The van der Waals surface area contributed by atoms with Gasteiger partial charge in [0.1, 0.15) is 0 Å². The van der Waals surface area contributed by atoms with E-state index in [0.29, 0.717) is 24.9 Å². The predicted octanol–water partition coefficient (Wildman–Crippen LogP) is 3.87. The SMILES string of the molecule is N#CCc1ccc(NC(=O)COC(=O)CCCc2nc3ccccc3s2)cc1. The standard InChI is InChI=1S/C21H19N3O3S/c22-13-12-15-8-10-16(11-9-15)23-19(25)14-27-21(26)7-3-6-20-24-17-4-1-2-5-18(17)28-20/h1-2,4-5,8-11H,3,6-7,12,14H2,(H,23,25). The highest BCUT2D eigenvalue weighted by atomic mass is 32.1. The van der Waals surface area contributed by atoms with Crippen LogP contribution in [0.4, 0.5) is 5.69 Å². The first-order valence-electron chi connectivity index (χ1n) is 8.90. The number of hydrogen-bond donors (Lipinski definition) is 1. The molecule has 0 aliphatic carbocycles. The van der Waals surface area contributed by atoms with Gasteiger partial charge in [0, 0.05) is 12.1 Å². The second-order valence-corrected chi connectivity index (χ2v) is 7.28. The summed E-state index contributed by atoms with van der Waals surface area (Å²) in [5.41, 5.74) is 2.45. The van der Waals surface area contributed by atoms with Gasteiger partial charge in [-0.05, 0) is 42.7 Å². The Bertz CT molecular complexity index is 973. The van der Waals surface area contributed by atoms with Gasteiger partial charge in [-0.3, -0.25) is 9.59 Å². The third-order valence-corrected chi connectivity index (χ3v) is 5.09. The lowest BCUT2D eigenvalue weighted by molar-refractivity contribution is -0.147. The van der Waals surface area contributed by atoms with E-state index in [1.54, 1.807) is 35.6 Å². The zero-order valence-corrected chi connectivity index (χ0v) is 16.0. The number of esters is 1. The molecular weight excluding hydrogens is 374 g/mol. The van der Waals surface area contributed by atoms with E-state index >= 15 is 0 Å². The lowest BCUT2D eigenvalue weighted by Gasteiger charge is -2.07. The number of fused-ring (bicyclic) bond motifs is 1. The topological polar surface area (TPSA) is 92.1 Å². The van der Waals surface area contributed by atoms with E-state index in [1.807, 2.05) is 24.3 Å². The summed E-state index contributed by atoms with van der Waals surface area (Å²) in [6.45, 7) is -0.320. The van der Waals surface area contributed by atoms with E-state index in [1.165, 1.54) is 0 Å². The van der Waals surface area contributed by atoms with Gasteiger partial charge in [0.05, 0.1) is 27.7 Å². The zero-order valence-electron chi connectivity index (χ0n) is 15.2. The molecule has 7 heteroatoms. The fourth-order valence-corrected chi connectivity index (χ4v) is 3.63. The quantitative estimate of drug-likeness (QED) is 0.587. The van der Waals surface area contributed by atoms with Crippen LogP contribution in [-0.4, -0.2) is 23.5 Å². The van der Waals surface area contributed by atoms with E-state index < -0.39 is 11.9 Å². The number of nitrogens with zero attached hydrogens (tertiary/aromatic N) is 2. The molecule has 0 spiro atoms. The predicted molar refractivity (Wildman–Crippen MR) is 108 cm³/mol. The molecular formula is C21H19N3O3S. The average Bonchev–Trinajstić information content (AvgIpc) is 3.11. The summed E-state index contributed by atoms with van der Waals surface area (Å²) in [6.07, 6.45) is 1.89. The van der Waals surface area contributed by atoms with Crippen molar-refractivity contribution < 1.29 is 14.3 Å². The van der Waals surface area contributed by atoms with Crippen LogP contribution in [0.25, 0.3) is 10.2 Å². The molecule has 1 aromatic heterocycles. The first-order chi connectivity index (χ1) is 13.6. The number of aromatic nitrogens is 1. The van der Waals surface area contributed by atoms with Crippen molar-refractivity contribution in [2.24, 2.45) is 0 Å². The molecule has 142 valence electrons. The van der Waals surface area contributed by atoms with Crippen LogP contribution in [0.3, 0.4) is 0 Å². The molecule has 0 aliphatic rings. The largest absolute Gasteiger partial charge is 0.456 e. The van der Waals surface area contributed by atoms with Crippen molar-refractivity contribution in [3.8, 4) is 6.07 Å². The van der Waals surface area contributed by atoms with Crippen LogP contribution in [0.5, 0.6) is 0 Å². The molecule has 1 heterocycles. The number of hydrogen-bond acceptors (Lipinski definition) is 6. The number of carbonyl (C=O) groups excluding carboxylic acids is 2. The fourth-order valence-electron chi connectivity index (χ4n) is 2.62. The van der Waals surface area contributed by atoms with Crippen molar-refractivity contribution >= 4 is 39.1 Å². The van der Waals surface area contributed by atoms with Gasteiger partial charge in [-0.1, -0.05) is 24.3 Å². The molecule has 3 rings (SSSR count). The summed E-state index contributed by atoms with van der Waals surface area (Å²) >= 11 is 1.63. The minimum atomic E-state index is -0.402. The van der Waals surface area contributed by atoms with Crippen LogP contribution in [-0.2, 0) is 27.2 Å². The maximum atomic E-state index is 11.9. The summed E-state index contributed by atoms with van der Waals surface area (Å²) in [5, 5.41) is 12.3. The molecule has 3 aromatic rings. The summed E-state index contributed by atoms with van der Waals surface area (Å²) in [6, 6.07) is 17.0. The first-order valence-corrected chi connectivity index (χ1v) is 9.71. The van der Waals surface area contributed by atoms with Crippen LogP contribution in [0.2, 0.25) is 0 Å². The lowest BCUT2D eigenvalue weighted by Crippen LogP contribution is -2.20. The molecule has 0 saturated heterocycles. The van der Waals surface area contributed by atoms with Crippen LogP contribution in [0, 0.1) is 11.3 Å². The molecule has 0 unspecified atom stereocenters. The Morgan fingerprint density at radius 2 is 1.93 bits per heavy atom. The Morgan fingerprint density at radius 3 is 2.68 bits per heavy atom. The van der Waals surface area contributed by atoms with Gasteiger partial charge in [-0.15, -0.1) is 11.3 Å². The Balaban J connectivity index is 1.36. The van der Waals surface area contributed by atoms with Gasteiger partial charge >= 0.3 is 5.97 Å². The van der Waals surface area contributed by atoms with Gasteiger partial charge in [0.15, 0.2) is 6.61 Å². The van der Waals surface area contributed by atoms with Gasteiger partial charge in [0.2, 0.25) is 0 Å². The molecule has 2 aromatic carbocycles. The van der Waals surface area contributed by atoms with E-state index in [-0.39, 0.29) is 13.0 Å². The molecule has 28 heavy (non-hydrogen) atoms. The molecule has 0 bridgehead atoms. The van der Waals surface area contributed by atoms with E-state index in [0.717, 1.165) is 20.8 Å². The van der Waals surface area contributed by atoms with Crippen molar-refractivity contribution in [2.45, 2.75) is 25.7 Å². The molecule has 0 fully saturated rings. The molecule has 0 saturated carbocycles. The van der Waals surface area contributed by atoms with Gasteiger partial charge < -0.3 is 10.1 Å². The van der Waals surface area contributed by atoms with E-state index in [9.17, 15) is 9.59 Å². The molecule has 1 N–H and O–H groups in total. The number of para-hydroxylation sites is 1. The summed E-state index contributed by atoms with van der Waals surface area (Å²) in [5.74, 6) is -0.798. The number of aryl methyl sites for hydroxylation is 1. The van der Waals surface area contributed by atoms with Crippen molar-refractivity contribution in [2.75, 3.05) is 11.9 Å². The number of thiazole rings is 1. The van der Waals surface area contributed by atoms with Gasteiger partial charge in [0.25, 0.3) is 5.91 Å². The Kier molecular flexibility index (Phi) is 6.71. The third-order valence-electron chi connectivity index (χ3n) is 3.99. The number of ether oxygens (including phenoxy) is 1. The Hall–Kier alpha value is -3.24. The first kappa shape index (κ1) is 19.5. The van der Waals surface area contributed by atoms with E-state index in [2.05, 4.69) is 16.4 Å². The number of amides is 1. The number of rotatable bonds is 8. The number of benzene rings is 2. The highest BCUT2D eigenvalue weighted by Crippen LogP contribution is 2.22.